The molecule has 2 N–H and O–H groups in total. The summed E-state index contributed by atoms with van der Waals surface area (Å²) in [6.45, 7) is 0.820. The van der Waals surface area contributed by atoms with E-state index in [1.54, 1.807) is 0 Å². The maximum atomic E-state index is 8.81. The van der Waals surface area contributed by atoms with E-state index in [1.807, 2.05) is 23.9 Å². The predicted molar refractivity (Wildman–Crippen MR) is 64.6 cm³/mol. The van der Waals surface area contributed by atoms with Gasteiger partial charge in [0.05, 0.1) is 11.6 Å². The minimum Gasteiger partial charge on any atom is -0.395 e. The van der Waals surface area contributed by atoms with Gasteiger partial charge in [0.1, 0.15) is 0 Å². The van der Waals surface area contributed by atoms with Gasteiger partial charge < -0.3 is 10.4 Å². The Bertz CT molecular complexity index is 345. The van der Waals surface area contributed by atoms with Crippen molar-refractivity contribution in [3.8, 4) is 0 Å². The Kier molecular flexibility index (Phi) is 3.92. The molecule has 0 aromatic heterocycles. The number of nitrogens with one attached hydrogen (secondary N) is 1. The molecule has 0 amide bonds. The van der Waals surface area contributed by atoms with E-state index in [1.165, 1.54) is 10.5 Å². The molecule has 1 aliphatic heterocycles. The van der Waals surface area contributed by atoms with Gasteiger partial charge in [-0.3, -0.25) is 0 Å². The smallest absolute Gasteiger partial charge is 0.0556 e. The Morgan fingerprint density at radius 2 is 2.40 bits per heavy atom. The van der Waals surface area contributed by atoms with Gasteiger partial charge in [-0.25, -0.2) is 0 Å². The fourth-order valence-electron chi connectivity index (χ4n) is 1.84. The van der Waals surface area contributed by atoms with Crippen molar-refractivity contribution in [1.29, 1.82) is 0 Å². The maximum Gasteiger partial charge on any atom is 0.0556 e. The van der Waals surface area contributed by atoms with Crippen LogP contribution in [0.5, 0.6) is 0 Å². The Labute approximate surface area is 99.0 Å². The number of aliphatic hydroxyl groups excluding tert-OH is 1. The minimum atomic E-state index is 0.180. The molecule has 1 aliphatic rings. The summed E-state index contributed by atoms with van der Waals surface area (Å²) in [6.07, 6.45) is 1.10. The lowest BCUT2D eigenvalue weighted by Crippen LogP contribution is -2.27. The molecule has 1 heterocycles. The molecular weight excluding hydrogens is 230 g/mol. The van der Waals surface area contributed by atoms with Crippen molar-refractivity contribution >= 4 is 23.4 Å². The third-order valence-electron chi connectivity index (χ3n) is 2.53. The first kappa shape index (κ1) is 11.3. The van der Waals surface area contributed by atoms with E-state index >= 15 is 0 Å². The van der Waals surface area contributed by atoms with Crippen molar-refractivity contribution in [2.24, 2.45) is 0 Å². The Morgan fingerprint density at radius 3 is 3.20 bits per heavy atom. The van der Waals surface area contributed by atoms with E-state index < -0.39 is 0 Å². The van der Waals surface area contributed by atoms with Crippen molar-refractivity contribution in [1.82, 2.24) is 5.32 Å². The summed E-state index contributed by atoms with van der Waals surface area (Å²) in [7, 11) is 0. The first-order chi connectivity index (χ1) is 7.33. The standard InChI is InChI=1S/C11H14ClNOS/c12-9-3-1-2-8-10(13-5-6-14)4-7-15-11(8)9/h1-3,10,13-14H,4-7H2. The van der Waals surface area contributed by atoms with E-state index in [4.69, 9.17) is 16.7 Å². The normalized spacial score (nSPS) is 20.0. The highest BCUT2D eigenvalue weighted by Gasteiger charge is 2.21. The van der Waals surface area contributed by atoms with Crippen LogP contribution in [0.1, 0.15) is 18.0 Å². The number of hydrogen-bond acceptors (Lipinski definition) is 3. The quantitative estimate of drug-likeness (QED) is 0.856. The molecule has 0 fully saturated rings. The molecule has 1 aromatic carbocycles. The fourth-order valence-corrected chi connectivity index (χ4v) is 3.32. The van der Waals surface area contributed by atoms with Gasteiger partial charge in [0, 0.05) is 17.5 Å². The van der Waals surface area contributed by atoms with Crippen molar-refractivity contribution in [2.75, 3.05) is 18.9 Å². The molecule has 0 radical (unpaired) electrons. The fraction of sp³-hybridized carbons (Fsp3) is 0.455. The SMILES string of the molecule is OCCNC1CCSc2c(Cl)cccc21. The molecule has 0 spiro atoms. The van der Waals surface area contributed by atoms with Crippen LogP contribution in [0.2, 0.25) is 5.02 Å². The van der Waals surface area contributed by atoms with E-state index in [2.05, 4.69) is 11.4 Å². The van der Waals surface area contributed by atoms with Crippen LogP contribution in [-0.2, 0) is 0 Å². The number of halogens is 1. The third kappa shape index (κ3) is 2.48. The second-order valence-corrected chi connectivity index (χ2v) is 5.04. The van der Waals surface area contributed by atoms with Gasteiger partial charge in [0.25, 0.3) is 0 Å². The molecule has 0 bridgehead atoms. The molecule has 0 saturated carbocycles. The number of fused-ring (bicyclic) bond motifs is 1. The van der Waals surface area contributed by atoms with Gasteiger partial charge in [-0.15, -0.1) is 11.8 Å². The summed E-state index contributed by atoms with van der Waals surface area (Å²) in [6, 6.07) is 6.37. The Balaban J connectivity index is 2.22. The number of benzene rings is 1. The zero-order valence-corrected chi connectivity index (χ0v) is 9.94. The number of hydrogen-bond donors (Lipinski definition) is 2. The first-order valence-corrected chi connectivity index (χ1v) is 6.44. The van der Waals surface area contributed by atoms with E-state index in [0.717, 1.165) is 17.2 Å². The number of rotatable bonds is 3. The molecule has 15 heavy (non-hydrogen) atoms. The van der Waals surface area contributed by atoms with Gasteiger partial charge in [0.2, 0.25) is 0 Å². The zero-order chi connectivity index (χ0) is 10.7. The van der Waals surface area contributed by atoms with Crippen molar-refractivity contribution in [3.63, 3.8) is 0 Å². The second kappa shape index (κ2) is 5.21. The van der Waals surface area contributed by atoms with Crippen LogP contribution in [0.4, 0.5) is 0 Å². The average molecular weight is 244 g/mol. The average Bonchev–Trinajstić information content (AvgIpc) is 2.27. The molecular formula is C11H14ClNOS. The summed E-state index contributed by atoms with van der Waals surface area (Å²) in [5.74, 6) is 1.08. The lowest BCUT2D eigenvalue weighted by molar-refractivity contribution is 0.283. The molecule has 0 aliphatic carbocycles. The lowest BCUT2D eigenvalue weighted by atomic mass is 10.0. The highest BCUT2D eigenvalue weighted by Crippen LogP contribution is 2.40. The number of aliphatic hydroxyl groups is 1. The molecule has 2 rings (SSSR count). The highest BCUT2D eigenvalue weighted by atomic mass is 35.5. The zero-order valence-electron chi connectivity index (χ0n) is 8.37. The van der Waals surface area contributed by atoms with Gasteiger partial charge in [-0.05, 0) is 23.8 Å². The molecule has 0 saturated heterocycles. The Hall–Kier alpha value is -0.220. The molecule has 2 nitrogen and oxygen atoms in total. The predicted octanol–water partition coefficient (Wildman–Crippen LogP) is 2.46. The summed E-state index contributed by atoms with van der Waals surface area (Å²) in [5, 5.41) is 13.0. The van der Waals surface area contributed by atoms with Crippen LogP contribution >= 0.6 is 23.4 Å². The van der Waals surface area contributed by atoms with Gasteiger partial charge in [-0.2, -0.15) is 0 Å². The van der Waals surface area contributed by atoms with Gasteiger partial charge >= 0.3 is 0 Å². The molecule has 1 atom stereocenters. The molecule has 4 heteroatoms. The van der Waals surface area contributed by atoms with E-state index in [0.29, 0.717) is 12.6 Å². The van der Waals surface area contributed by atoms with Crippen LogP contribution in [0, 0.1) is 0 Å². The first-order valence-electron chi connectivity index (χ1n) is 5.08. The largest absolute Gasteiger partial charge is 0.395 e. The topological polar surface area (TPSA) is 32.3 Å². The molecule has 1 aromatic rings. The summed E-state index contributed by atoms with van der Waals surface area (Å²) < 4.78 is 0. The summed E-state index contributed by atoms with van der Waals surface area (Å²) in [5.41, 5.74) is 1.27. The molecule has 82 valence electrons. The molecule has 1 unspecified atom stereocenters. The maximum absolute atomic E-state index is 8.81. The van der Waals surface area contributed by atoms with E-state index in [-0.39, 0.29) is 6.61 Å². The van der Waals surface area contributed by atoms with Gasteiger partial charge in [-0.1, -0.05) is 23.7 Å². The summed E-state index contributed by atoms with van der Waals surface area (Å²) >= 11 is 7.96. The number of thioether (sulfide) groups is 1. The van der Waals surface area contributed by atoms with Crippen molar-refractivity contribution < 1.29 is 5.11 Å². The lowest BCUT2D eigenvalue weighted by Gasteiger charge is -2.26. The third-order valence-corrected chi connectivity index (χ3v) is 4.14. The van der Waals surface area contributed by atoms with Crippen LogP contribution < -0.4 is 5.32 Å². The van der Waals surface area contributed by atoms with Crippen molar-refractivity contribution in [3.05, 3.63) is 28.8 Å². The van der Waals surface area contributed by atoms with E-state index in [9.17, 15) is 0 Å². The van der Waals surface area contributed by atoms with Crippen LogP contribution in [0.25, 0.3) is 0 Å². The van der Waals surface area contributed by atoms with Crippen LogP contribution in [0.15, 0.2) is 23.1 Å². The van der Waals surface area contributed by atoms with Gasteiger partial charge in [0.15, 0.2) is 0 Å². The monoisotopic (exact) mass is 243 g/mol. The second-order valence-electron chi connectivity index (χ2n) is 3.53. The van der Waals surface area contributed by atoms with Crippen LogP contribution in [-0.4, -0.2) is 24.0 Å². The Morgan fingerprint density at radius 1 is 1.53 bits per heavy atom. The summed E-state index contributed by atoms with van der Waals surface area (Å²) in [4.78, 5) is 1.20. The van der Waals surface area contributed by atoms with Crippen molar-refractivity contribution in [2.45, 2.75) is 17.4 Å². The minimum absolute atomic E-state index is 0.180. The highest BCUT2D eigenvalue weighted by molar-refractivity contribution is 7.99. The van der Waals surface area contributed by atoms with Crippen LogP contribution in [0.3, 0.4) is 0 Å².